The summed E-state index contributed by atoms with van der Waals surface area (Å²) in [6.45, 7) is 4.57. The molecule has 0 aliphatic carbocycles. The molecule has 0 aromatic heterocycles. The van der Waals surface area contributed by atoms with Crippen LogP contribution in [0.25, 0.3) is 0 Å². The van der Waals surface area contributed by atoms with E-state index in [9.17, 15) is 9.59 Å². The Morgan fingerprint density at radius 2 is 2.00 bits per heavy atom. The fourth-order valence-corrected chi connectivity index (χ4v) is 0.273. The summed E-state index contributed by atoms with van der Waals surface area (Å²) in [5.41, 5.74) is 0. The molecule has 0 heterocycles. The minimum absolute atomic E-state index is 0.451. The minimum atomic E-state index is -0.491. The Bertz CT molecular complexity index is 166. The lowest BCUT2D eigenvalue weighted by molar-refractivity contribution is -0.132. The number of hydrogen-bond donors (Lipinski definition) is 0. The third-order valence-corrected chi connectivity index (χ3v) is 0.731. The molecule has 0 rings (SSSR count). The van der Waals surface area contributed by atoms with Crippen LogP contribution >= 0.6 is 0 Å². The van der Waals surface area contributed by atoms with Gasteiger partial charge in [-0.3, -0.25) is 9.59 Å². The Kier molecular flexibility index (Phi) is 3.28. The Balaban J connectivity index is 3.92. The van der Waals surface area contributed by atoms with E-state index in [-0.39, 0.29) is 0 Å². The highest BCUT2D eigenvalue weighted by molar-refractivity contribution is 6.40. The normalized spacial score (nSPS) is 9.44. The van der Waals surface area contributed by atoms with Crippen molar-refractivity contribution < 1.29 is 9.59 Å². The Morgan fingerprint density at radius 1 is 1.44 bits per heavy atom. The van der Waals surface area contributed by atoms with Crippen molar-refractivity contribution in [3.05, 3.63) is 24.8 Å². The maximum absolute atomic E-state index is 10.4. The zero-order valence-electron chi connectivity index (χ0n) is 5.26. The lowest BCUT2D eigenvalue weighted by Gasteiger charge is -1.79. The van der Waals surface area contributed by atoms with Crippen LogP contribution in [0.3, 0.4) is 0 Å². The van der Waals surface area contributed by atoms with E-state index < -0.39 is 11.6 Å². The minimum Gasteiger partial charge on any atom is -0.291 e. The van der Waals surface area contributed by atoms with Crippen molar-refractivity contribution in [3.63, 3.8) is 0 Å². The summed E-state index contributed by atoms with van der Waals surface area (Å²) in [6.07, 6.45) is 4.07. The second-order valence-corrected chi connectivity index (χ2v) is 1.52. The van der Waals surface area contributed by atoms with Gasteiger partial charge in [0.05, 0.1) is 0 Å². The molecule has 0 aliphatic rings. The molecule has 0 radical (unpaired) electrons. The number of Topliss-reactive ketones (excluding diaryl/α,β-unsaturated/α-hetero) is 1. The molecule has 0 saturated heterocycles. The first-order valence-corrected chi connectivity index (χ1v) is 2.52. The highest BCUT2D eigenvalue weighted by atomic mass is 16.2. The molecule has 9 heavy (non-hydrogen) atoms. The molecular weight excluding hydrogens is 116 g/mol. The van der Waals surface area contributed by atoms with Gasteiger partial charge in [-0.2, -0.15) is 0 Å². The van der Waals surface area contributed by atoms with Crippen LogP contribution < -0.4 is 0 Å². The second-order valence-electron chi connectivity index (χ2n) is 1.52. The monoisotopic (exact) mass is 124 g/mol. The number of rotatable bonds is 3. The molecule has 0 saturated carbocycles. The molecule has 0 atom stereocenters. The topological polar surface area (TPSA) is 34.1 Å². The molecule has 0 fully saturated rings. The van der Waals surface area contributed by atoms with E-state index in [1.807, 2.05) is 0 Å². The van der Waals surface area contributed by atoms with Gasteiger partial charge in [0.25, 0.3) is 0 Å². The number of ketones is 2. The van der Waals surface area contributed by atoms with Gasteiger partial charge in [0.1, 0.15) is 0 Å². The quantitative estimate of drug-likeness (QED) is 0.318. The highest BCUT2D eigenvalue weighted by Gasteiger charge is 1.99. The van der Waals surface area contributed by atoms with Gasteiger partial charge in [-0.1, -0.05) is 18.7 Å². The van der Waals surface area contributed by atoms with Crippen LogP contribution in [0, 0.1) is 0 Å². The third kappa shape index (κ3) is 3.41. The predicted octanol–water partition coefficient (Wildman–Crippen LogP) is 0.887. The highest BCUT2D eigenvalue weighted by Crippen LogP contribution is 1.78. The summed E-state index contributed by atoms with van der Waals surface area (Å²) in [4.78, 5) is 20.6. The van der Waals surface area contributed by atoms with Gasteiger partial charge in [0, 0.05) is 6.92 Å². The van der Waals surface area contributed by atoms with Crippen LogP contribution in [-0.4, -0.2) is 11.6 Å². The molecule has 48 valence electrons. The first kappa shape index (κ1) is 7.82. The SMILES string of the molecule is C=CC=CC(=O)C(C)=O. The van der Waals surface area contributed by atoms with Crippen molar-refractivity contribution in [1.82, 2.24) is 0 Å². The Morgan fingerprint density at radius 3 is 2.33 bits per heavy atom. The van der Waals surface area contributed by atoms with Gasteiger partial charge in [0.15, 0.2) is 5.78 Å². The zero-order valence-corrected chi connectivity index (χ0v) is 5.26. The van der Waals surface area contributed by atoms with E-state index >= 15 is 0 Å². The molecule has 0 spiro atoms. The van der Waals surface area contributed by atoms with Crippen LogP contribution in [-0.2, 0) is 9.59 Å². The van der Waals surface area contributed by atoms with Gasteiger partial charge >= 0.3 is 0 Å². The average Bonchev–Trinajstić information content (AvgIpc) is 1.82. The van der Waals surface area contributed by atoms with Crippen LogP contribution in [0.4, 0.5) is 0 Å². The van der Waals surface area contributed by atoms with Crippen LogP contribution in [0.5, 0.6) is 0 Å². The second kappa shape index (κ2) is 3.78. The van der Waals surface area contributed by atoms with Crippen molar-refractivity contribution >= 4 is 11.6 Å². The fraction of sp³-hybridized carbons (Fsp3) is 0.143. The van der Waals surface area contributed by atoms with Gasteiger partial charge in [-0.05, 0) is 6.08 Å². The number of hydrogen-bond acceptors (Lipinski definition) is 2. The van der Waals surface area contributed by atoms with Crippen molar-refractivity contribution in [3.8, 4) is 0 Å². The largest absolute Gasteiger partial charge is 0.291 e. The molecule has 0 aliphatic heterocycles. The standard InChI is InChI=1S/C7H8O2/c1-3-4-5-7(9)6(2)8/h3-5H,1H2,2H3. The van der Waals surface area contributed by atoms with Crippen molar-refractivity contribution in [2.24, 2.45) is 0 Å². The molecule has 0 aromatic rings. The summed E-state index contributed by atoms with van der Waals surface area (Å²) < 4.78 is 0. The lowest BCUT2D eigenvalue weighted by atomic mass is 10.3. The molecular formula is C7H8O2. The maximum Gasteiger partial charge on any atom is 0.221 e. The van der Waals surface area contributed by atoms with Crippen molar-refractivity contribution in [2.45, 2.75) is 6.92 Å². The van der Waals surface area contributed by atoms with E-state index in [4.69, 9.17) is 0 Å². The molecule has 0 N–H and O–H groups in total. The third-order valence-electron chi connectivity index (χ3n) is 0.731. The summed E-state index contributed by atoms with van der Waals surface area (Å²) >= 11 is 0. The Hall–Kier alpha value is -1.18. The summed E-state index contributed by atoms with van der Waals surface area (Å²) in [7, 11) is 0. The molecule has 0 aromatic carbocycles. The number of allylic oxidation sites excluding steroid dienone is 3. The van der Waals surface area contributed by atoms with Gasteiger partial charge in [-0.15, -0.1) is 0 Å². The van der Waals surface area contributed by atoms with Crippen molar-refractivity contribution in [2.75, 3.05) is 0 Å². The molecule has 2 nitrogen and oxygen atoms in total. The van der Waals surface area contributed by atoms with E-state index in [2.05, 4.69) is 6.58 Å². The molecule has 0 amide bonds. The average molecular weight is 124 g/mol. The van der Waals surface area contributed by atoms with Gasteiger partial charge in [0.2, 0.25) is 5.78 Å². The van der Waals surface area contributed by atoms with Crippen LogP contribution in [0.2, 0.25) is 0 Å². The number of carbonyl (C=O) groups is 2. The van der Waals surface area contributed by atoms with Crippen molar-refractivity contribution in [1.29, 1.82) is 0 Å². The van der Waals surface area contributed by atoms with Crippen LogP contribution in [0.15, 0.2) is 24.8 Å². The molecule has 0 unspecified atom stereocenters. The first-order chi connectivity index (χ1) is 4.18. The van der Waals surface area contributed by atoms with E-state index in [1.54, 1.807) is 0 Å². The lowest BCUT2D eigenvalue weighted by Crippen LogP contribution is -2.04. The summed E-state index contributed by atoms with van der Waals surface area (Å²) in [5.74, 6) is -0.942. The predicted molar refractivity (Wildman–Crippen MR) is 35.0 cm³/mol. The van der Waals surface area contributed by atoms with Crippen LogP contribution in [0.1, 0.15) is 6.92 Å². The number of carbonyl (C=O) groups excluding carboxylic acids is 2. The first-order valence-electron chi connectivity index (χ1n) is 2.52. The fourth-order valence-electron chi connectivity index (χ4n) is 0.273. The molecule has 2 heteroatoms. The summed E-state index contributed by atoms with van der Waals surface area (Å²) in [6, 6.07) is 0. The zero-order chi connectivity index (χ0) is 7.28. The Labute approximate surface area is 53.9 Å². The van der Waals surface area contributed by atoms with E-state index in [1.165, 1.54) is 25.2 Å². The molecule has 0 bridgehead atoms. The van der Waals surface area contributed by atoms with E-state index in [0.29, 0.717) is 0 Å². The van der Waals surface area contributed by atoms with Gasteiger partial charge < -0.3 is 0 Å². The van der Waals surface area contributed by atoms with E-state index in [0.717, 1.165) is 0 Å². The smallest absolute Gasteiger partial charge is 0.221 e. The summed E-state index contributed by atoms with van der Waals surface area (Å²) in [5, 5.41) is 0. The maximum atomic E-state index is 10.4. The van der Waals surface area contributed by atoms with Gasteiger partial charge in [-0.25, -0.2) is 0 Å².